The number of carboxylic acids is 1. The molecular formula is C25H27Cl2NO5. The van der Waals surface area contributed by atoms with Crippen molar-refractivity contribution in [1.29, 1.82) is 0 Å². The third-order valence-electron chi connectivity index (χ3n) is 7.04. The molecule has 3 N–H and O–H groups in total. The van der Waals surface area contributed by atoms with Gasteiger partial charge in [0.2, 0.25) is 5.91 Å². The SMILES string of the molecule is C[C@]1(CC(=O)O)C[C@H](c2cccc(Cl)c2)[C@@H](c2ccc(Cl)cc2)N([C@@H]2CC[C@H](O)[C@@H]2O)C1=O. The van der Waals surface area contributed by atoms with E-state index in [-0.39, 0.29) is 18.2 Å². The zero-order valence-electron chi connectivity index (χ0n) is 18.2. The molecule has 0 unspecified atom stereocenters. The molecule has 2 fully saturated rings. The van der Waals surface area contributed by atoms with E-state index in [0.29, 0.717) is 29.3 Å². The number of benzene rings is 2. The van der Waals surface area contributed by atoms with Crippen molar-refractivity contribution in [2.24, 2.45) is 5.41 Å². The van der Waals surface area contributed by atoms with Crippen LogP contribution in [0.5, 0.6) is 0 Å². The molecule has 6 atom stereocenters. The first-order chi connectivity index (χ1) is 15.6. The Morgan fingerprint density at radius 3 is 2.33 bits per heavy atom. The van der Waals surface area contributed by atoms with Crippen LogP contribution >= 0.6 is 23.2 Å². The van der Waals surface area contributed by atoms with Gasteiger partial charge in [-0.3, -0.25) is 9.59 Å². The number of aliphatic carboxylic acids is 1. The summed E-state index contributed by atoms with van der Waals surface area (Å²) in [5.41, 5.74) is 0.517. The van der Waals surface area contributed by atoms with Crippen molar-refractivity contribution >= 4 is 35.1 Å². The number of carbonyl (C=O) groups is 2. The van der Waals surface area contributed by atoms with E-state index >= 15 is 0 Å². The Bertz CT molecular complexity index is 1050. The van der Waals surface area contributed by atoms with E-state index in [1.807, 2.05) is 30.3 Å². The molecule has 2 aromatic carbocycles. The van der Waals surface area contributed by atoms with Crippen LogP contribution in [-0.2, 0) is 9.59 Å². The number of piperidine rings is 1. The quantitative estimate of drug-likeness (QED) is 0.574. The van der Waals surface area contributed by atoms with Crippen molar-refractivity contribution in [3.05, 3.63) is 69.7 Å². The molecule has 1 aliphatic heterocycles. The number of aliphatic hydroxyl groups is 2. The van der Waals surface area contributed by atoms with Crippen molar-refractivity contribution in [2.45, 2.75) is 62.8 Å². The van der Waals surface area contributed by atoms with Crippen molar-refractivity contribution in [3.63, 3.8) is 0 Å². The summed E-state index contributed by atoms with van der Waals surface area (Å²) in [7, 11) is 0. The minimum absolute atomic E-state index is 0.281. The fraction of sp³-hybridized carbons (Fsp3) is 0.440. The number of hydrogen-bond donors (Lipinski definition) is 3. The van der Waals surface area contributed by atoms with Gasteiger partial charge < -0.3 is 20.2 Å². The fourth-order valence-electron chi connectivity index (χ4n) is 5.49. The van der Waals surface area contributed by atoms with Crippen molar-refractivity contribution in [3.8, 4) is 0 Å². The molecule has 0 bridgehead atoms. The van der Waals surface area contributed by atoms with E-state index in [4.69, 9.17) is 23.2 Å². The van der Waals surface area contributed by atoms with Crippen LogP contribution in [-0.4, -0.2) is 50.3 Å². The topological polar surface area (TPSA) is 98.1 Å². The van der Waals surface area contributed by atoms with Gasteiger partial charge in [-0.25, -0.2) is 0 Å². The molecule has 2 aliphatic rings. The highest BCUT2D eigenvalue weighted by atomic mass is 35.5. The first-order valence-electron chi connectivity index (χ1n) is 11.0. The van der Waals surface area contributed by atoms with Gasteiger partial charge in [-0.15, -0.1) is 0 Å². The summed E-state index contributed by atoms with van der Waals surface area (Å²) in [4.78, 5) is 27.3. The van der Waals surface area contributed by atoms with Gasteiger partial charge in [-0.05, 0) is 54.7 Å². The molecule has 176 valence electrons. The second kappa shape index (κ2) is 9.26. The lowest BCUT2D eigenvalue weighted by Crippen LogP contribution is -2.58. The summed E-state index contributed by atoms with van der Waals surface area (Å²) >= 11 is 12.4. The van der Waals surface area contributed by atoms with Crippen LogP contribution in [0.1, 0.15) is 55.7 Å². The number of hydrogen-bond acceptors (Lipinski definition) is 4. The molecule has 1 saturated heterocycles. The molecule has 2 aromatic rings. The summed E-state index contributed by atoms with van der Waals surface area (Å²) in [6, 6.07) is 13.4. The molecule has 0 radical (unpaired) electrons. The highest BCUT2D eigenvalue weighted by Gasteiger charge is 2.54. The first-order valence-corrected chi connectivity index (χ1v) is 11.8. The fourth-order valence-corrected chi connectivity index (χ4v) is 5.81. The molecule has 33 heavy (non-hydrogen) atoms. The predicted octanol–water partition coefficient (Wildman–Crippen LogP) is 4.42. The minimum atomic E-state index is -1.19. The van der Waals surface area contributed by atoms with Gasteiger partial charge in [0.15, 0.2) is 0 Å². The van der Waals surface area contributed by atoms with Crippen LogP contribution in [0.3, 0.4) is 0 Å². The molecule has 1 heterocycles. The van der Waals surface area contributed by atoms with E-state index in [9.17, 15) is 24.9 Å². The van der Waals surface area contributed by atoms with E-state index in [2.05, 4.69) is 0 Å². The third kappa shape index (κ3) is 4.62. The lowest BCUT2D eigenvalue weighted by molar-refractivity contribution is -0.163. The highest BCUT2D eigenvalue weighted by molar-refractivity contribution is 6.30. The summed E-state index contributed by atoms with van der Waals surface area (Å²) in [5.74, 6) is -1.68. The number of nitrogens with zero attached hydrogens (tertiary/aromatic N) is 1. The second-order valence-corrected chi connectivity index (χ2v) is 10.3. The molecule has 0 aromatic heterocycles. The second-order valence-electron chi connectivity index (χ2n) is 9.41. The van der Waals surface area contributed by atoms with Crippen LogP contribution in [0.25, 0.3) is 0 Å². The predicted molar refractivity (Wildman–Crippen MR) is 125 cm³/mol. The van der Waals surface area contributed by atoms with Crippen molar-refractivity contribution < 1.29 is 24.9 Å². The number of likely N-dealkylation sites (tertiary alicyclic amines) is 1. The van der Waals surface area contributed by atoms with Crippen LogP contribution in [0.2, 0.25) is 10.0 Å². The lowest BCUT2D eigenvalue weighted by atomic mass is 9.67. The van der Waals surface area contributed by atoms with Crippen LogP contribution < -0.4 is 0 Å². The van der Waals surface area contributed by atoms with Gasteiger partial charge in [0.25, 0.3) is 0 Å². The molecule has 6 nitrogen and oxygen atoms in total. The standard InChI is InChI=1S/C25H27Cl2NO5/c1-25(13-21(30)31)12-18(15-3-2-4-17(27)11-15)22(14-5-7-16(26)8-6-14)28(24(25)33)19-9-10-20(29)23(19)32/h2-8,11,18-20,22-23,29,32H,9-10,12-13H2,1H3,(H,30,31)/t18-,19-,20+,22-,23-,25-/m1/s1. The van der Waals surface area contributed by atoms with Crippen LogP contribution in [0, 0.1) is 5.41 Å². The summed E-state index contributed by atoms with van der Waals surface area (Å²) in [6.45, 7) is 1.67. The van der Waals surface area contributed by atoms with E-state index < -0.39 is 35.7 Å². The molecular weight excluding hydrogens is 465 g/mol. The van der Waals surface area contributed by atoms with E-state index in [1.165, 1.54) is 0 Å². The maximum absolute atomic E-state index is 13.9. The molecule has 1 amide bonds. The Morgan fingerprint density at radius 1 is 1.06 bits per heavy atom. The Morgan fingerprint density at radius 2 is 1.76 bits per heavy atom. The number of rotatable bonds is 5. The summed E-state index contributed by atoms with van der Waals surface area (Å²) in [6.07, 6.45) is -1.31. The van der Waals surface area contributed by atoms with Gasteiger partial charge in [0, 0.05) is 16.0 Å². The molecule has 0 spiro atoms. The highest BCUT2D eigenvalue weighted by Crippen LogP contribution is 2.53. The minimum Gasteiger partial charge on any atom is -0.481 e. The zero-order valence-corrected chi connectivity index (χ0v) is 19.7. The largest absolute Gasteiger partial charge is 0.481 e. The molecule has 8 heteroatoms. The number of halogens is 2. The number of carbonyl (C=O) groups excluding carboxylic acids is 1. The number of amides is 1. The molecule has 1 saturated carbocycles. The van der Waals surface area contributed by atoms with Gasteiger partial charge in [-0.1, -0.05) is 54.4 Å². The van der Waals surface area contributed by atoms with E-state index in [1.54, 1.807) is 30.0 Å². The number of aliphatic hydroxyl groups excluding tert-OH is 2. The normalized spacial score (nSPS) is 32.2. The first kappa shape index (κ1) is 24.0. The van der Waals surface area contributed by atoms with Gasteiger partial charge in [0.05, 0.1) is 30.0 Å². The smallest absolute Gasteiger partial charge is 0.304 e. The van der Waals surface area contributed by atoms with Gasteiger partial charge in [0.1, 0.15) is 6.10 Å². The van der Waals surface area contributed by atoms with Crippen molar-refractivity contribution in [2.75, 3.05) is 0 Å². The lowest BCUT2D eigenvalue weighted by Gasteiger charge is -2.52. The Kier molecular flexibility index (Phi) is 6.74. The Balaban J connectivity index is 1.90. The maximum Gasteiger partial charge on any atom is 0.304 e. The maximum atomic E-state index is 13.9. The van der Waals surface area contributed by atoms with E-state index in [0.717, 1.165) is 11.1 Å². The Hall–Kier alpha value is -2.12. The summed E-state index contributed by atoms with van der Waals surface area (Å²) < 4.78 is 0. The van der Waals surface area contributed by atoms with Gasteiger partial charge >= 0.3 is 5.97 Å². The summed E-state index contributed by atoms with van der Waals surface area (Å²) in [5, 5.41) is 31.8. The zero-order chi connectivity index (χ0) is 23.9. The van der Waals surface area contributed by atoms with Crippen LogP contribution in [0.15, 0.2) is 48.5 Å². The van der Waals surface area contributed by atoms with Crippen LogP contribution in [0.4, 0.5) is 0 Å². The molecule has 4 rings (SSSR count). The number of carboxylic acid groups (broad SMARTS) is 1. The Labute approximate surface area is 202 Å². The average molecular weight is 492 g/mol. The third-order valence-corrected chi connectivity index (χ3v) is 7.52. The van der Waals surface area contributed by atoms with Gasteiger partial charge in [-0.2, -0.15) is 0 Å². The monoisotopic (exact) mass is 491 g/mol. The van der Waals surface area contributed by atoms with Crippen molar-refractivity contribution in [1.82, 2.24) is 4.90 Å². The average Bonchev–Trinajstić information content (AvgIpc) is 3.08. The molecule has 1 aliphatic carbocycles.